The first-order chi connectivity index (χ1) is 29.3. The Kier molecular flexibility index (Phi) is 7.60. The molecule has 0 fully saturated rings. The van der Waals surface area contributed by atoms with E-state index >= 15 is 0 Å². The van der Waals surface area contributed by atoms with Crippen LogP contribution in [0.15, 0.2) is 194 Å². The number of rotatable bonds is 5. The molecule has 0 aliphatic carbocycles. The Bertz CT molecular complexity index is 3490. The van der Waals surface area contributed by atoms with Crippen molar-refractivity contribution in [3.8, 4) is 22.5 Å². The minimum absolute atomic E-state index is 0.131. The lowest BCUT2D eigenvalue weighted by molar-refractivity contribution is 0.749. The molecule has 59 heavy (non-hydrogen) atoms. The highest BCUT2D eigenvalue weighted by Crippen LogP contribution is 2.48. The van der Waals surface area contributed by atoms with Gasteiger partial charge in [0, 0.05) is 56.4 Å². The molecule has 4 aromatic heterocycles. The molecule has 0 radical (unpaired) electrons. The van der Waals surface area contributed by atoms with E-state index in [-0.39, 0.29) is 6.04 Å². The first kappa shape index (κ1) is 33.4. The van der Waals surface area contributed by atoms with Crippen LogP contribution in [0.5, 0.6) is 0 Å². The van der Waals surface area contributed by atoms with Crippen LogP contribution in [-0.2, 0) is 0 Å². The number of benzene rings is 7. The van der Waals surface area contributed by atoms with Crippen molar-refractivity contribution < 1.29 is 0 Å². The van der Waals surface area contributed by atoms with Crippen molar-refractivity contribution in [2.75, 3.05) is 4.90 Å². The van der Waals surface area contributed by atoms with E-state index in [1.165, 1.54) is 16.8 Å². The van der Waals surface area contributed by atoms with Gasteiger partial charge in [-0.15, -0.1) is 0 Å². The van der Waals surface area contributed by atoms with Crippen molar-refractivity contribution in [3.63, 3.8) is 0 Å². The number of anilines is 1. The van der Waals surface area contributed by atoms with Crippen molar-refractivity contribution in [3.05, 3.63) is 206 Å². The summed E-state index contributed by atoms with van der Waals surface area (Å²) in [5, 5.41) is 8.73. The van der Waals surface area contributed by atoms with Gasteiger partial charge in [-0.3, -0.25) is 9.97 Å². The molecule has 1 unspecified atom stereocenters. The highest BCUT2D eigenvalue weighted by atomic mass is 15.2. The Morgan fingerprint density at radius 1 is 0.424 bits per heavy atom. The van der Waals surface area contributed by atoms with Crippen LogP contribution in [0.4, 0.5) is 5.69 Å². The van der Waals surface area contributed by atoms with Crippen molar-refractivity contribution in [2.45, 2.75) is 12.5 Å². The number of hydrogen-bond donors (Lipinski definition) is 0. The maximum Gasteiger partial charge on any atom is 0.0972 e. The normalized spacial score (nSPS) is 14.3. The molecule has 1 aliphatic rings. The number of aromatic nitrogens is 4. The maximum atomic E-state index is 5.49. The second-order valence-corrected chi connectivity index (χ2v) is 15.3. The molecular formula is C54H35N5. The van der Waals surface area contributed by atoms with E-state index in [1.54, 1.807) is 0 Å². The molecule has 276 valence electrons. The maximum absolute atomic E-state index is 5.49. The van der Waals surface area contributed by atoms with Gasteiger partial charge in [0.25, 0.3) is 0 Å². The zero-order valence-corrected chi connectivity index (χ0v) is 32.0. The highest BCUT2D eigenvalue weighted by Gasteiger charge is 2.30. The predicted octanol–water partition coefficient (Wildman–Crippen LogP) is 13.5. The number of pyridine rings is 4. The molecule has 0 N–H and O–H groups in total. The summed E-state index contributed by atoms with van der Waals surface area (Å²) in [6.07, 6.45) is 7.00. The third kappa shape index (κ3) is 5.39. The minimum Gasteiger partial charge on any atom is -0.333 e. The summed E-state index contributed by atoms with van der Waals surface area (Å²) in [6.45, 7) is 0. The van der Waals surface area contributed by atoms with Crippen LogP contribution in [0, 0.1) is 0 Å². The SMILES string of the molecule is C1=C(c2ccccc2)N(c2ccc3c(-c4ccc5ccc6cccnc6c5n4)c4ccccc4c(-c4ccc5ccc6cccnc6c5n4)c3c2)C(c2ccccc2)C1. The molecule has 0 saturated heterocycles. The molecular weight excluding hydrogens is 719 g/mol. The summed E-state index contributed by atoms with van der Waals surface area (Å²) < 4.78 is 0. The summed E-state index contributed by atoms with van der Waals surface area (Å²) >= 11 is 0. The number of nitrogens with zero attached hydrogens (tertiary/aromatic N) is 5. The van der Waals surface area contributed by atoms with E-state index in [0.29, 0.717) is 0 Å². The van der Waals surface area contributed by atoms with Crippen molar-refractivity contribution in [2.24, 2.45) is 0 Å². The third-order valence-corrected chi connectivity index (χ3v) is 12.0. The smallest absolute Gasteiger partial charge is 0.0972 e. The second kappa shape index (κ2) is 13.4. The van der Waals surface area contributed by atoms with Gasteiger partial charge < -0.3 is 4.90 Å². The zero-order valence-electron chi connectivity index (χ0n) is 32.0. The number of hydrogen-bond acceptors (Lipinski definition) is 5. The summed E-state index contributed by atoms with van der Waals surface area (Å²) in [7, 11) is 0. The van der Waals surface area contributed by atoms with Gasteiger partial charge in [0.2, 0.25) is 0 Å². The monoisotopic (exact) mass is 753 g/mol. The molecule has 7 aromatic carbocycles. The van der Waals surface area contributed by atoms with Crippen LogP contribution in [0.25, 0.3) is 93.4 Å². The van der Waals surface area contributed by atoms with Gasteiger partial charge in [-0.25, -0.2) is 9.97 Å². The first-order valence-electron chi connectivity index (χ1n) is 20.1. The molecule has 5 heteroatoms. The summed E-state index contributed by atoms with van der Waals surface area (Å²) in [5.41, 5.74) is 12.4. The molecule has 0 bridgehead atoms. The number of fused-ring (bicyclic) bond motifs is 8. The quantitative estimate of drug-likeness (QED) is 0.129. The van der Waals surface area contributed by atoms with Crippen molar-refractivity contribution in [1.82, 2.24) is 19.9 Å². The van der Waals surface area contributed by atoms with Gasteiger partial charge in [-0.1, -0.05) is 146 Å². The fraction of sp³-hybridized carbons (Fsp3) is 0.0370. The van der Waals surface area contributed by atoms with Gasteiger partial charge in [-0.2, -0.15) is 0 Å². The van der Waals surface area contributed by atoms with E-state index in [1.807, 2.05) is 24.5 Å². The fourth-order valence-corrected chi connectivity index (χ4v) is 9.33. The minimum atomic E-state index is 0.131. The average molecular weight is 754 g/mol. The fourth-order valence-electron chi connectivity index (χ4n) is 9.33. The van der Waals surface area contributed by atoms with Crippen LogP contribution in [-0.4, -0.2) is 19.9 Å². The topological polar surface area (TPSA) is 54.8 Å². The van der Waals surface area contributed by atoms with E-state index in [2.05, 4.69) is 175 Å². The zero-order chi connectivity index (χ0) is 38.9. The van der Waals surface area contributed by atoms with Crippen LogP contribution in [0.1, 0.15) is 23.6 Å². The standard InChI is InChI=1S/C54H35N5/c1-3-11-34(12-4-1)47-29-30-48(35-13-5-2-6-14-35)59(47)40-25-26-43-44(33-40)50(46-28-24-39-22-20-37-16-10-32-56-52(37)54(39)58-46)42-18-8-7-17-41(42)49(43)45-27-23-38-21-19-36-15-9-31-55-51(36)53(38)57-45/h1-29,31-33,48H,30H2. The lowest BCUT2D eigenvalue weighted by Gasteiger charge is -2.31. The van der Waals surface area contributed by atoms with Gasteiger partial charge in [-0.05, 0) is 75.5 Å². The largest absolute Gasteiger partial charge is 0.333 e. The molecule has 1 atom stereocenters. The van der Waals surface area contributed by atoms with Crippen molar-refractivity contribution >= 4 is 76.5 Å². The second-order valence-electron chi connectivity index (χ2n) is 15.3. The molecule has 0 amide bonds. The van der Waals surface area contributed by atoms with Crippen LogP contribution in [0.3, 0.4) is 0 Å². The third-order valence-electron chi connectivity index (χ3n) is 12.0. The first-order valence-corrected chi connectivity index (χ1v) is 20.1. The van der Waals surface area contributed by atoms with E-state index in [4.69, 9.17) is 19.9 Å². The van der Waals surface area contributed by atoms with E-state index < -0.39 is 0 Å². The van der Waals surface area contributed by atoms with Gasteiger partial charge in [0.1, 0.15) is 0 Å². The Hall–Kier alpha value is -7.76. The summed E-state index contributed by atoms with van der Waals surface area (Å²) in [6, 6.07) is 62.9. The van der Waals surface area contributed by atoms with Gasteiger partial charge in [0.05, 0.1) is 39.5 Å². The summed E-state index contributed by atoms with van der Waals surface area (Å²) in [5.74, 6) is 0. The van der Waals surface area contributed by atoms with E-state index in [0.717, 1.165) is 99.8 Å². The molecule has 5 heterocycles. The molecule has 12 rings (SSSR count). The van der Waals surface area contributed by atoms with E-state index in [9.17, 15) is 0 Å². The van der Waals surface area contributed by atoms with Crippen LogP contribution in [0.2, 0.25) is 0 Å². The van der Waals surface area contributed by atoms with Crippen LogP contribution < -0.4 is 4.90 Å². The summed E-state index contributed by atoms with van der Waals surface area (Å²) in [4.78, 5) is 23.1. The Morgan fingerprint density at radius 2 is 0.932 bits per heavy atom. The molecule has 5 nitrogen and oxygen atoms in total. The lowest BCUT2D eigenvalue weighted by atomic mass is 9.88. The Labute approximate surface area is 340 Å². The molecule has 11 aromatic rings. The Balaban J connectivity index is 1.17. The Morgan fingerprint density at radius 3 is 1.54 bits per heavy atom. The highest BCUT2D eigenvalue weighted by molar-refractivity contribution is 6.22. The lowest BCUT2D eigenvalue weighted by Crippen LogP contribution is -2.22. The molecule has 1 aliphatic heterocycles. The van der Waals surface area contributed by atoms with Gasteiger partial charge in [0.15, 0.2) is 0 Å². The molecule has 0 saturated carbocycles. The van der Waals surface area contributed by atoms with Crippen LogP contribution >= 0.6 is 0 Å². The molecule has 0 spiro atoms. The predicted molar refractivity (Wildman–Crippen MR) is 244 cm³/mol. The van der Waals surface area contributed by atoms with Gasteiger partial charge >= 0.3 is 0 Å². The average Bonchev–Trinajstić information content (AvgIpc) is 3.76. The van der Waals surface area contributed by atoms with Crippen molar-refractivity contribution in [1.29, 1.82) is 0 Å².